The first-order valence-electron chi connectivity index (χ1n) is 9.89. The van der Waals surface area contributed by atoms with Crippen LogP contribution in [-0.2, 0) is 27.6 Å². The number of esters is 1. The molecule has 1 aliphatic rings. The number of carbonyl (C=O) groups is 2. The lowest BCUT2D eigenvalue weighted by molar-refractivity contribution is 0.0470. The van der Waals surface area contributed by atoms with E-state index in [-0.39, 0.29) is 18.0 Å². The fourth-order valence-electron chi connectivity index (χ4n) is 3.57. The van der Waals surface area contributed by atoms with E-state index < -0.39 is 39.8 Å². The fourth-order valence-corrected chi connectivity index (χ4v) is 5.06. The quantitative estimate of drug-likeness (QED) is 0.471. The number of hydrogen-bond acceptors (Lipinski definition) is 5. The zero-order valence-electron chi connectivity index (χ0n) is 17.0. The number of carbonyl (C=O) groups excluding carboxylic acids is 2. The smallest absolute Gasteiger partial charge is 0.341 e. The summed E-state index contributed by atoms with van der Waals surface area (Å²) in [6.07, 6.45) is 2.95. The summed E-state index contributed by atoms with van der Waals surface area (Å²) in [6, 6.07) is 8.36. The Kier molecular flexibility index (Phi) is 6.67. The molecule has 0 bridgehead atoms. The number of rotatable bonds is 8. The molecule has 2 aromatic carbocycles. The molecule has 0 unspecified atom stereocenters. The molecule has 0 aliphatic heterocycles. The van der Waals surface area contributed by atoms with Crippen LogP contribution in [0.3, 0.4) is 0 Å². The molecular weight excluding hydrogens is 409 g/mol. The number of benzene rings is 2. The molecule has 0 atom stereocenters. The van der Waals surface area contributed by atoms with E-state index in [1.165, 1.54) is 9.87 Å². The van der Waals surface area contributed by atoms with Crippen LogP contribution in [0.15, 0.2) is 41.3 Å². The van der Waals surface area contributed by atoms with Crippen LogP contribution in [0, 0.1) is 5.82 Å². The van der Waals surface area contributed by atoms with E-state index in [1.54, 1.807) is 26.0 Å². The van der Waals surface area contributed by atoms with Gasteiger partial charge in [0.1, 0.15) is 5.82 Å². The van der Waals surface area contributed by atoms with Gasteiger partial charge in [0.15, 0.2) is 12.4 Å². The second-order valence-electron chi connectivity index (χ2n) is 7.07. The molecule has 0 heterocycles. The number of fused-ring (bicyclic) bond motifs is 1. The maximum atomic E-state index is 14.2. The van der Waals surface area contributed by atoms with Crippen molar-refractivity contribution < 1.29 is 27.1 Å². The number of halogens is 1. The Morgan fingerprint density at radius 3 is 2.43 bits per heavy atom. The van der Waals surface area contributed by atoms with Crippen molar-refractivity contribution in [1.82, 2.24) is 4.31 Å². The molecule has 8 heteroatoms. The first-order chi connectivity index (χ1) is 14.3. The standard InChI is InChI=1S/C22H24FNO5S/c1-3-24(4-2)30(27,28)18-10-11-20(23)19(13-18)22(26)29-14-21(25)17-9-8-15-6-5-7-16(15)12-17/h8-13H,3-7,14H2,1-2H3. The van der Waals surface area contributed by atoms with E-state index in [0.29, 0.717) is 5.56 Å². The molecule has 0 N–H and O–H groups in total. The van der Waals surface area contributed by atoms with Gasteiger partial charge < -0.3 is 4.74 Å². The summed E-state index contributed by atoms with van der Waals surface area (Å²) in [5.41, 5.74) is 2.25. The monoisotopic (exact) mass is 433 g/mol. The molecule has 0 spiro atoms. The topological polar surface area (TPSA) is 80.8 Å². The third kappa shape index (κ3) is 4.44. The second-order valence-corrected chi connectivity index (χ2v) is 9.01. The molecule has 0 aromatic heterocycles. The summed E-state index contributed by atoms with van der Waals surface area (Å²) in [5.74, 6) is -2.40. The van der Waals surface area contributed by atoms with E-state index in [4.69, 9.17) is 4.74 Å². The minimum absolute atomic E-state index is 0.204. The number of ether oxygens (including phenoxy) is 1. The van der Waals surface area contributed by atoms with Crippen LogP contribution in [0.1, 0.15) is 52.1 Å². The Balaban J connectivity index is 1.74. The summed E-state index contributed by atoms with van der Waals surface area (Å²) in [5, 5.41) is 0. The van der Waals surface area contributed by atoms with Crippen molar-refractivity contribution >= 4 is 21.8 Å². The lowest BCUT2D eigenvalue weighted by Gasteiger charge is -2.18. The van der Waals surface area contributed by atoms with Crippen LogP contribution in [0.2, 0.25) is 0 Å². The van der Waals surface area contributed by atoms with Gasteiger partial charge in [0.2, 0.25) is 10.0 Å². The molecule has 160 valence electrons. The van der Waals surface area contributed by atoms with Gasteiger partial charge >= 0.3 is 5.97 Å². The van der Waals surface area contributed by atoms with Crippen molar-refractivity contribution in [3.63, 3.8) is 0 Å². The Morgan fingerprint density at radius 1 is 1.03 bits per heavy atom. The number of ketones is 1. The molecular formula is C22H24FNO5S. The van der Waals surface area contributed by atoms with Crippen LogP contribution in [-0.4, -0.2) is 44.2 Å². The van der Waals surface area contributed by atoms with Crippen molar-refractivity contribution in [2.75, 3.05) is 19.7 Å². The third-order valence-electron chi connectivity index (χ3n) is 5.26. The van der Waals surface area contributed by atoms with E-state index in [2.05, 4.69) is 0 Å². The molecule has 0 amide bonds. The maximum absolute atomic E-state index is 14.2. The van der Waals surface area contributed by atoms with Crippen molar-refractivity contribution in [2.24, 2.45) is 0 Å². The zero-order valence-corrected chi connectivity index (χ0v) is 17.8. The maximum Gasteiger partial charge on any atom is 0.341 e. The van der Waals surface area contributed by atoms with Crippen LogP contribution >= 0.6 is 0 Å². The molecule has 0 fully saturated rings. The molecule has 30 heavy (non-hydrogen) atoms. The fraction of sp³-hybridized carbons (Fsp3) is 0.364. The average molecular weight is 434 g/mol. The average Bonchev–Trinajstić information content (AvgIpc) is 3.20. The number of hydrogen-bond donors (Lipinski definition) is 0. The predicted molar refractivity (Wildman–Crippen MR) is 110 cm³/mol. The normalized spacial score (nSPS) is 13.3. The highest BCUT2D eigenvalue weighted by molar-refractivity contribution is 7.89. The molecule has 0 saturated heterocycles. The minimum Gasteiger partial charge on any atom is -0.454 e. The van der Waals surface area contributed by atoms with E-state index in [0.717, 1.165) is 43.0 Å². The van der Waals surface area contributed by atoms with Crippen molar-refractivity contribution in [2.45, 2.75) is 38.0 Å². The van der Waals surface area contributed by atoms with Crippen LogP contribution in [0.4, 0.5) is 4.39 Å². The number of Topliss-reactive ketones (excluding diaryl/α,β-unsaturated/α-hetero) is 1. The lowest BCUT2D eigenvalue weighted by atomic mass is 10.0. The van der Waals surface area contributed by atoms with E-state index >= 15 is 0 Å². The van der Waals surface area contributed by atoms with Gasteiger partial charge in [0, 0.05) is 18.7 Å². The summed E-state index contributed by atoms with van der Waals surface area (Å²) in [6.45, 7) is 3.30. The van der Waals surface area contributed by atoms with Gasteiger partial charge in [-0.3, -0.25) is 4.79 Å². The second kappa shape index (κ2) is 9.06. The molecule has 3 rings (SSSR count). The van der Waals surface area contributed by atoms with Gasteiger partial charge in [-0.05, 0) is 54.7 Å². The Labute approximate surface area is 175 Å². The molecule has 6 nitrogen and oxygen atoms in total. The Morgan fingerprint density at radius 2 is 1.73 bits per heavy atom. The van der Waals surface area contributed by atoms with Crippen molar-refractivity contribution in [3.8, 4) is 0 Å². The summed E-state index contributed by atoms with van der Waals surface area (Å²) >= 11 is 0. The SMILES string of the molecule is CCN(CC)S(=O)(=O)c1ccc(F)c(C(=O)OCC(=O)c2ccc3c(c2)CCC3)c1. The van der Waals surface area contributed by atoms with Gasteiger partial charge in [-0.15, -0.1) is 0 Å². The van der Waals surface area contributed by atoms with E-state index in [1.807, 2.05) is 6.07 Å². The first kappa shape index (κ1) is 22.1. The van der Waals surface area contributed by atoms with Gasteiger partial charge in [0.25, 0.3) is 0 Å². The van der Waals surface area contributed by atoms with Crippen molar-refractivity contribution in [1.29, 1.82) is 0 Å². The van der Waals surface area contributed by atoms with Crippen molar-refractivity contribution in [3.05, 3.63) is 64.5 Å². The highest BCUT2D eigenvalue weighted by atomic mass is 32.2. The minimum atomic E-state index is -3.86. The number of nitrogens with zero attached hydrogens (tertiary/aromatic N) is 1. The Bertz CT molecular complexity index is 1080. The molecule has 0 saturated carbocycles. The zero-order chi connectivity index (χ0) is 21.9. The predicted octanol–water partition coefficient (Wildman–Crippen LogP) is 3.38. The highest BCUT2D eigenvalue weighted by Crippen LogP contribution is 2.23. The Hall–Kier alpha value is -2.58. The van der Waals surface area contributed by atoms with Crippen LogP contribution < -0.4 is 0 Å². The molecule has 1 aliphatic carbocycles. The molecule has 2 aromatic rings. The first-order valence-corrected chi connectivity index (χ1v) is 11.3. The number of aryl methyl sites for hydroxylation is 2. The van der Waals surface area contributed by atoms with E-state index in [9.17, 15) is 22.4 Å². The van der Waals surface area contributed by atoms with Crippen LogP contribution in [0.5, 0.6) is 0 Å². The third-order valence-corrected chi connectivity index (χ3v) is 7.30. The highest BCUT2D eigenvalue weighted by Gasteiger charge is 2.25. The molecule has 0 radical (unpaired) electrons. The van der Waals surface area contributed by atoms with Gasteiger partial charge in [-0.25, -0.2) is 17.6 Å². The van der Waals surface area contributed by atoms with Gasteiger partial charge in [-0.2, -0.15) is 4.31 Å². The van der Waals surface area contributed by atoms with Crippen LogP contribution in [0.25, 0.3) is 0 Å². The lowest BCUT2D eigenvalue weighted by Crippen LogP contribution is -2.30. The largest absolute Gasteiger partial charge is 0.454 e. The number of sulfonamides is 1. The summed E-state index contributed by atoms with van der Waals surface area (Å²) < 4.78 is 45.6. The van der Waals surface area contributed by atoms with Gasteiger partial charge in [-0.1, -0.05) is 26.0 Å². The summed E-state index contributed by atoms with van der Waals surface area (Å²) in [4.78, 5) is 24.5. The summed E-state index contributed by atoms with van der Waals surface area (Å²) in [7, 11) is -3.86. The van der Waals surface area contributed by atoms with Gasteiger partial charge in [0.05, 0.1) is 10.5 Å².